The number of carbonyl (C=O) groups excluding carboxylic acids is 3. The maximum Gasteiger partial charge on any atom is 0.325 e. The molecule has 3 fully saturated rings. The highest BCUT2D eigenvalue weighted by Crippen LogP contribution is 2.35. The molecular formula is C25H35N3O5. The summed E-state index contributed by atoms with van der Waals surface area (Å²) in [5.41, 5.74) is 0.233. The van der Waals surface area contributed by atoms with Crippen molar-refractivity contribution in [3.05, 3.63) is 23.8 Å². The van der Waals surface area contributed by atoms with Gasteiger partial charge >= 0.3 is 6.03 Å². The number of imide groups is 1. The highest BCUT2D eigenvalue weighted by molar-refractivity contribution is 6.07. The molecule has 1 unspecified atom stereocenters. The van der Waals surface area contributed by atoms with E-state index in [1.807, 2.05) is 25.1 Å². The number of amides is 4. The molecule has 2 aliphatic carbocycles. The van der Waals surface area contributed by atoms with Gasteiger partial charge in [0.05, 0.1) is 19.3 Å². The molecule has 180 valence electrons. The second-order valence-electron chi connectivity index (χ2n) is 9.50. The van der Waals surface area contributed by atoms with Gasteiger partial charge in [0.2, 0.25) is 5.91 Å². The van der Waals surface area contributed by atoms with Gasteiger partial charge in [-0.15, -0.1) is 0 Å². The van der Waals surface area contributed by atoms with Crippen molar-refractivity contribution in [2.24, 2.45) is 0 Å². The molecule has 8 heteroatoms. The third-order valence-corrected chi connectivity index (χ3v) is 7.15. The Morgan fingerprint density at radius 2 is 1.91 bits per heavy atom. The average Bonchev–Trinajstić information content (AvgIpc) is 3.53. The topological polar surface area (TPSA) is 97.0 Å². The van der Waals surface area contributed by atoms with Crippen molar-refractivity contribution in [3.8, 4) is 11.5 Å². The zero-order valence-corrected chi connectivity index (χ0v) is 19.7. The van der Waals surface area contributed by atoms with Crippen LogP contribution >= 0.6 is 0 Å². The summed E-state index contributed by atoms with van der Waals surface area (Å²) < 4.78 is 11.6. The van der Waals surface area contributed by atoms with E-state index in [-0.39, 0.29) is 43.0 Å². The Kier molecular flexibility index (Phi) is 7.10. The van der Waals surface area contributed by atoms with Crippen molar-refractivity contribution in [3.63, 3.8) is 0 Å². The van der Waals surface area contributed by atoms with Crippen LogP contribution in [0.5, 0.6) is 11.5 Å². The van der Waals surface area contributed by atoms with E-state index in [2.05, 4.69) is 10.6 Å². The predicted octanol–water partition coefficient (Wildman–Crippen LogP) is 3.84. The van der Waals surface area contributed by atoms with Crippen LogP contribution in [0.2, 0.25) is 0 Å². The number of hydrogen-bond acceptors (Lipinski definition) is 5. The standard InChI is InChI=1S/C25H35N3O5/c1-17(18-11-12-20(21(16-18)32-2)33-19-8-3-4-9-19)26-22(29)10-7-15-28-23(30)25(27-24(28)31)13-5-6-14-25/h11-12,16-17,19H,3-10,13-15H2,1-2H3,(H,26,29)(H,27,31). The van der Waals surface area contributed by atoms with Crippen LogP contribution in [0.1, 0.15) is 82.7 Å². The van der Waals surface area contributed by atoms with E-state index >= 15 is 0 Å². The van der Waals surface area contributed by atoms with Gasteiger partial charge < -0.3 is 20.1 Å². The molecule has 1 aromatic carbocycles. The van der Waals surface area contributed by atoms with Crippen molar-refractivity contribution in [2.45, 2.75) is 88.8 Å². The first-order valence-corrected chi connectivity index (χ1v) is 12.2. The Morgan fingerprint density at radius 3 is 2.61 bits per heavy atom. The lowest BCUT2D eigenvalue weighted by Gasteiger charge is -2.20. The van der Waals surface area contributed by atoms with Gasteiger partial charge in [0.15, 0.2) is 11.5 Å². The number of hydrogen-bond donors (Lipinski definition) is 2. The molecule has 1 saturated heterocycles. The van der Waals surface area contributed by atoms with Crippen LogP contribution in [-0.4, -0.2) is 48.0 Å². The number of benzene rings is 1. The second-order valence-corrected chi connectivity index (χ2v) is 9.50. The Labute approximate surface area is 195 Å². The van der Waals surface area contributed by atoms with E-state index in [1.165, 1.54) is 17.7 Å². The van der Waals surface area contributed by atoms with Crippen LogP contribution < -0.4 is 20.1 Å². The SMILES string of the molecule is COc1cc(C(C)NC(=O)CCCN2C(=O)NC3(CCCC3)C2=O)ccc1OC1CCCC1. The minimum atomic E-state index is -0.694. The fourth-order valence-electron chi connectivity index (χ4n) is 5.23. The molecule has 2 saturated carbocycles. The zero-order chi connectivity index (χ0) is 23.4. The van der Waals surface area contributed by atoms with Crippen molar-refractivity contribution < 1.29 is 23.9 Å². The van der Waals surface area contributed by atoms with Gasteiger partial charge in [-0.25, -0.2) is 4.79 Å². The summed E-state index contributed by atoms with van der Waals surface area (Å²) in [4.78, 5) is 38.7. The molecule has 1 spiro atoms. The normalized spacial score (nSPS) is 20.8. The summed E-state index contributed by atoms with van der Waals surface area (Å²) in [6, 6.07) is 5.23. The first-order chi connectivity index (χ1) is 15.9. The minimum absolute atomic E-state index is 0.115. The molecule has 1 heterocycles. The Hall–Kier alpha value is -2.77. The van der Waals surface area contributed by atoms with Gasteiger partial charge in [0.1, 0.15) is 5.54 Å². The van der Waals surface area contributed by atoms with Crippen LogP contribution in [0.25, 0.3) is 0 Å². The monoisotopic (exact) mass is 457 g/mol. The lowest BCUT2D eigenvalue weighted by Crippen LogP contribution is -2.44. The third kappa shape index (κ3) is 5.09. The summed E-state index contributed by atoms with van der Waals surface area (Å²) in [5, 5.41) is 5.87. The number of urea groups is 1. The lowest BCUT2D eigenvalue weighted by atomic mass is 9.98. The van der Waals surface area contributed by atoms with E-state index in [1.54, 1.807) is 7.11 Å². The van der Waals surface area contributed by atoms with Crippen LogP contribution in [-0.2, 0) is 9.59 Å². The van der Waals surface area contributed by atoms with Crippen molar-refractivity contribution in [2.75, 3.05) is 13.7 Å². The first-order valence-electron chi connectivity index (χ1n) is 12.2. The molecule has 4 amide bonds. The van der Waals surface area contributed by atoms with Crippen LogP contribution in [0.15, 0.2) is 18.2 Å². The fourth-order valence-corrected chi connectivity index (χ4v) is 5.23. The van der Waals surface area contributed by atoms with Gasteiger partial charge in [0.25, 0.3) is 5.91 Å². The van der Waals surface area contributed by atoms with Gasteiger partial charge in [0, 0.05) is 13.0 Å². The number of nitrogens with one attached hydrogen (secondary N) is 2. The highest BCUT2D eigenvalue weighted by Gasteiger charge is 2.52. The van der Waals surface area contributed by atoms with Crippen molar-refractivity contribution >= 4 is 17.8 Å². The third-order valence-electron chi connectivity index (χ3n) is 7.15. The Bertz CT molecular complexity index is 890. The van der Waals surface area contributed by atoms with Crippen LogP contribution in [0.3, 0.4) is 0 Å². The second kappa shape index (κ2) is 10.0. The van der Waals surface area contributed by atoms with E-state index in [4.69, 9.17) is 9.47 Å². The van der Waals surface area contributed by atoms with Crippen LogP contribution in [0.4, 0.5) is 4.79 Å². The lowest BCUT2D eigenvalue weighted by molar-refractivity contribution is -0.131. The molecule has 1 aromatic rings. The molecule has 4 rings (SSSR count). The Morgan fingerprint density at radius 1 is 1.18 bits per heavy atom. The highest BCUT2D eigenvalue weighted by atomic mass is 16.5. The summed E-state index contributed by atoms with van der Waals surface area (Å²) in [6.45, 7) is 2.18. The van der Waals surface area contributed by atoms with Crippen molar-refractivity contribution in [1.82, 2.24) is 15.5 Å². The molecule has 1 aliphatic heterocycles. The zero-order valence-electron chi connectivity index (χ0n) is 19.7. The summed E-state index contributed by atoms with van der Waals surface area (Å²) in [6.07, 6.45) is 8.80. The number of rotatable bonds is 9. The molecular weight excluding hydrogens is 422 g/mol. The largest absolute Gasteiger partial charge is 0.493 e. The molecule has 8 nitrogen and oxygen atoms in total. The minimum Gasteiger partial charge on any atom is -0.493 e. The Balaban J connectivity index is 1.26. The predicted molar refractivity (Wildman–Crippen MR) is 123 cm³/mol. The van der Waals surface area contributed by atoms with Crippen LogP contribution in [0, 0.1) is 0 Å². The maximum atomic E-state index is 12.7. The number of ether oxygens (including phenoxy) is 2. The quantitative estimate of drug-likeness (QED) is 0.549. The van der Waals surface area contributed by atoms with Gasteiger partial charge in [-0.2, -0.15) is 0 Å². The fraction of sp³-hybridized carbons (Fsp3) is 0.640. The molecule has 0 bridgehead atoms. The first kappa shape index (κ1) is 23.4. The van der Waals surface area contributed by atoms with Crippen molar-refractivity contribution in [1.29, 1.82) is 0 Å². The molecule has 1 atom stereocenters. The summed E-state index contributed by atoms with van der Waals surface area (Å²) >= 11 is 0. The molecule has 2 N–H and O–H groups in total. The number of carbonyl (C=O) groups is 3. The van der Waals surface area contributed by atoms with E-state index in [0.29, 0.717) is 25.0 Å². The molecule has 33 heavy (non-hydrogen) atoms. The van der Waals surface area contributed by atoms with E-state index in [0.717, 1.165) is 37.0 Å². The smallest absolute Gasteiger partial charge is 0.325 e. The summed E-state index contributed by atoms with van der Waals surface area (Å²) in [7, 11) is 1.62. The van der Waals surface area contributed by atoms with Gasteiger partial charge in [-0.1, -0.05) is 18.9 Å². The van der Waals surface area contributed by atoms with Gasteiger partial charge in [-0.05, 0) is 69.6 Å². The molecule has 3 aliphatic rings. The van der Waals surface area contributed by atoms with E-state index < -0.39 is 5.54 Å². The number of methoxy groups -OCH3 is 1. The van der Waals surface area contributed by atoms with Gasteiger partial charge in [-0.3, -0.25) is 14.5 Å². The van der Waals surface area contributed by atoms with E-state index in [9.17, 15) is 14.4 Å². The number of nitrogens with zero attached hydrogens (tertiary/aromatic N) is 1. The molecule has 0 aromatic heterocycles. The molecule has 0 radical (unpaired) electrons. The maximum absolute atomic E-state index is 12.7. The average molecular weight is 458 g/mol. The summed E-state index contributed by atoms with van der Waals surface area (Å²) in [5.74, 6) is 1.15.